The number of carbonyl (C=O) groups excluding carboxylic acids is 1. The number of amides is 1. The molecule has 1 amide bonds. The zero-order valence-corrected chi connectivity index (χ0v) is 11.0. The lowest BCUT2D eigenvalue weighted by Gasteiger charge is -2.21. The van der Waals surface area contributed by atoms with Crippen molar-refractivity contribution in [1.29, 1.82) is 0 Å². The fourth-order valence-electron chi connectivity index (χ4n) is 2.68. The van der Waals surface area contributed by atoms with Gasteiger partial charge in [0.05, 0.1) is 18.6 Å². The van der Waals surface area contributed by atoms with Gasteiger partial charge in [0.15, 0.2) is 5.82 Å². The molecule has 1 saturated carbocycles. The van der Waals surface area contributed by atoms with Crippen LogP contribution in [0, 0.1) is 0 Å². The van der Waals surface area contributed by atoms with Gasteiger partial charge in [-0.2, -0.15) is 4.98 Å². The zero-order valence-electron chi connectivity index (χ0n) is 11.0. The van der Waals surface area contributed by atoms with Crippen LogP contribution in [-0.2, 0) is 0 Å². The van der Waals surface area contributed by atoms with E-state index in [1.807, 2.05) is 0 Å². The number of nitrogens with one attached hydrogen (secondary N) is 1. The van der Waals surface area contributed by atoms with E-state index >= 15 is 0 Å². The molecule has 2 aromatic rings. The number of carbonyl (C=O) groups is 1. The second-order valence-corrected chi connectivity index (χ2v) is 5.39. The summed E-state index contributed by atoms with van der Waals surface area (Å²) in [6, 6.07) is -0.0814. The van der Waals surface area contributed by atoms with E-state index in [0.717, 1.165) is 38.1 Å². The van der Waals surface area contributed by atoms with Crippen molar-refractivity contribution in [2.75, 3.05) is 6.54 Å². The molecule has 1 saturated heterocycles. The van der Waals surface area contributed by atoms with Gasteiger partial charge in [0.1, 0.15) is 5.69 Å². The molecule has 0 radical (unpaired) electrons. The summed E-state index contributed by atoms with van der Waals surface area (Å²) in [6.45, 7) is 0.718. The average molecular weight is 273 g/mol. The molecule has 104 valence electrons. The lowest BCUT2D eigenvalue weighted by molar-refractivity contribution is 0.0723. The van der Waals surface area contributed by atoms with Crippen molar-refractivity contribution in [2.24, 2.45) is 0 Å². The maximum absolute atomic E-state index is 12.4. The molecule has 2 aliphatic rings. The number of hydrogen-bond acceptors (Lipinski definition) is 5. The molecule has 2 fully saturated rings. The number of aromatic amines is 1. The lowest BCUT2D eigenvalue weighted by atomic mass is 10.2. The first-order valence-electron chi connectivity index (χ1n) is 6.96. The number of aromatic nitrogens is 4. The largest absolute Gasteiger partial charge is 0.341 e. The maximum Gasteiger partial charge on any atom is 0.272 e. The Morgan fingerprint density at radius 2 is 2.30 bits per heavy atom. The zero-order chi connectivity index (χ0) is 13.5. The summed E-state index contributed by atoms with van der Waals surface area (Å²) in [7, 11) is 0. The summed E-state index contributed by atoms with van der Waals surface area (Å²) in [5.74, 6) is 1.75. The molecule has 20 heavy (non-hydrogen) atoms. The molecule has 2 aromatic heterocycles. The van der Waals surface area contributed by atoms with Crippen molar-refractivity contribution in [2.45, 2.75) is 37.6 Å². The van der Waals surface area contributed by atoms with E-state index in [2.05, 4.69) is 20.1 Å². The van der Waals surface area contributed by atoms with Gasteiger partial charge < -0.3 is 14.4 Å². The second-order valence-electron chi connectivity index (χ2n) is 5.39. The Morgan fingerprint density at radius 1 is 1.40 bits per heavy atom. The van der Waals surface area contributed by atoms with Gasteiger partial charge in [0.2, 0.25) is 5.89 Å². The Bertz CT molecular complexity index is 617. The van der Waals surface area contributed by atoms with Crippen molar-refractivity contribution < 1.29 is 9.32 Å². The van der Waals surface area contributed by atoms with Crippen LogP contribution in [-0.4, -0.2) is 37.5 Å². The van der Waals surface area contributed by atoms with Crippen LogP contribution in [0.4, 0.5) is 0 Å². The minimum absolute atomic E-state index is 0.0530. The van der Waals surface area contributed by atoms with Crippen LogP contribution in [0.15, 0.2) is 17.0 Å². The van der Waals surface area contributed by atoms with Crippen molar-refractivity contribution in [3.63, 3.8) is 0 Å². The first kappa shape index (κ1) is 11.6. The van der Waals surface area contributed by atoms with Gasteiger partial charge in [-0.25, -0.2) is 4.98 Å². The summed E-state index contributed by atoms with van der Waals surface area (Å²) >= 11 is 0. The normalized spacial score (nSPS) is 22.4. The minimum atomic E-state index is -0.0814. The first-order chi connectivity index (χ1) is 9.83. The highest BCUT2D eigenvalue weighted by Crippen LogP contribution is 2.40. The Balaban J connectivity index is 1.58. The van der Waals surface area contributed by atoms with Crippen molar-refractivity contribution in [3.05, 3.63) is 29.9 Å². The number of nitrogens with zero attached hydrogens (tertiary/aromatic N) is 4. The minimum Gasteiger partial charge on any atom is -0.341 e. The van der Waals surface area contributed by atoms with Crippen molar-refractivity contribution in [1.82, 2.24) is 25.0 Å². The Kier molecular flexibility index (Phi) is 2.58. The quantitative estimate of drug-likeness (QED) is 0.918. The highest BCUT2D eigenvalue weighted by Gasteiger charge is 2.36. The Morgan fingerprint density at radius 3 is 3.05 bits per heavy atom. The third-order valence-corrected chi connectivity index (χ3v) is 3.92. The van der Waals surface area contributed by atoms with Crippen LogP contribution in [0.5, 0.6) is 0 Å². The lowest BCUT2D eigenvalue weighted by Crippen LogP contribution is -2.31. The fourth-order valence-corrected chi connectivity index (χ4v) is 2.68. The highest BCUT2D eigenvalue weighted by molar-refractivity contribution is 5.92. The Labute approximate surface area is 115 Å². The van der Waals surface area contributed by atoms with E-state index in [1.165, 1.54) is 6.33 Å². The third-order valence-electron chi connectivity index (χ3n) is 3.92. The van der Waals surface area contributed by atoms with E-state index in [1.54, 1.807) is 11.1 Å². The summed E-state index contributed by atoms with van der Waals surface area (Å²) in [5, 5.41) is 4.07. The van der Waals surface area contributed by atoms with Crippen LogP contribution in [0.2, 0.25) is 0 Å². The molecule has 1 aliphatic carbocycles. The van der Waals surface area contributed by atoms with E-state index in [9.17, 15) is 4.79 Å². The maximum atomic E-state index is 12.4. The smallest absolute Gasteiger partial charge is 0.272 e. The third kappa shape index (κ3) is 1.90. The second kappa shape index (κ2) is 4.43. The van der Waals surface area contributed by atoms with Gasteiger partial charge >= 0.3 is 0 Å². The molecule has 0 aromatic carbocycles. The van der Waals surface area contributed by atoms with E-state index in [0.29, 0.717) is 17.4 Å². The van der Waals surface area contributed by atoms with Crippen LogP contribution in [0.25, 0.3) is 0 Å². The van der Waals surface area contributed by atoms with Gasteiger partial charge in [-0.15, -0.1) is 0 Å². The number of imidazole rings is 1. The first-order valence-corrected chi connectivity index (χ1v) is 6.96. The number of likely N-dealkylation sites (tertiary alicyclic amines) is 1. The monoisotopic (exact) mass is 273 g/mol. The van der Waals surface area contributed by atoms with Gasteiger partial charge in [-0.05, 0) is 25.7 Å². The van der Waals surface area contributed by atoms with E-state index in [-0.39, 0.29) is 11.9 Å². The van der Waals surface area contributed by atoms with Crippen LogP contribution in [0.3, 0.4) is 0 Å². The molecule has 0 spiro atoms. The summed E-state index contributed by atoms with van der Waals surface area (Å²) < 4.78 is 5.30. The van der Waals surface area contributed by atoms with Gasteiger partial charge in [-0.3, -0.25) is 4.79 Å². The highest BCUT2D eigenvalue weighted by atomic mass is 16.5. The molecule has 1 N–H and O–H groups in total. The van der Waals surface area contributed by atoms with E-state index < -0.39 is 0 Å². The predicted molar refractivity (Wildman–Crippen MR) is 67.9 cm³/mol. The molecular formula is C13H15N5O2. The summed E-state index contributed by atoms with van der Waals surface area (Å²) in [6.07, 6.45) is 7.15. The van der Waals surface area contributed by atoms with Crippen molar-refractivity contribution >= 4 is 5.91 Å². The molecule has 1 atom stereocenters. The van der Waals surface area contributed by atoms with Gasteiger partial charge in [-0.1, -0.05) is 5.16 Å². The number of H-pyrrole nitrogens is 1. The molecule has 7 nitrogen and oxygen atoms in total. The van der Waals surface area contributed by atoms with Gasteiger partial charge in [0, 0.05) is 12.5 Å². The molecule has 4 rings (SSSR count). The molecule has 7 heteroatoms. The molecule has 1 aliphatic heterocycles. The molecule has 1 unspecified atom stereocenters. The summed E-state index contributed by atoms with van der Waals surface area (Å²) in [5.41, 5.74) is 0.503. The average Bonchev–Trinajstić information content (AvgIpc) is 2.97. The number of rotatable bonds is 3. The molecule has 3 heterocycles. The molecular weight excluding hydrogens is 258 g/mol. The SMILES string of the molecule is O=C(c1cnc[nH]1)N1CCCC1c1noc(C2CC2)n1. The fraction of sp³-hybridized carbons (Fsp3) is 0.538. The Hall–Kier alpha value is -2.18. The number of hydrogen-bond donors (Lipinski definition) is 1. The van der Waals surface area contributed by atoms with Crippen molar-refractivity contribution in [3.8, 4) is 0 Å². The topological polar surface area (TPSA) is 87.9 Å². The van der Waals surface area contributed by atoms with Gasteiger partial charge in [0.25, 0.3) is 5.91 Å². The summed E-state index contributed by atoms with van der Waals surface area (Å²) in [4.78, 5) is 25.4. The van der Waals surface area contributed by atoms with Crippen LogP contribution >= 0.6 is 0 Å². The van der Waals surface area contributed by atoms with E-state index in [4.69, 9.17) is 4.52 Å². The van der Waals surface area contributed by atoms with Crippen LogP contribution in [0.1, 0.15) is 59.8 Å². The van der Waals surface area contributed by atoms with Crippen LogP contribution < -0.4 is 0 Å². The molecule has 0 bridgehead atoms. The standard InChI is InChI=1S/C13H15N5O2/c19-13(9-6-14-7-15-9)18-5-1-2-10(18)11-16-12(20-17-11)8-3-4-8/h6-8,10H,1-5H2,(H,14,15). The predicted octanol–water partition coefficient (Wildman–Crippen LogP) is 1.65.